The van der Waals surface area contributed by atoms with Crippen molar-refractivity contribution in [3.63, 3.8) is 0 Å². The van der Waals surface area contributed by atoms with E-state index in [1.807, 2.05) is 20.8 Å². The number of aromatic nitrogens is 3. The summed E-state index contributed by atoms with van der Waals surface area (Å²) in [7, 11) is 5.70. The van der Waals surface area contributed by atoms with Crippen LogP contribution in [-0.2, 0) is 9.59 Å². The Hall–Kier alpha value is -3.91. The molecule has 1 atom stereocenters. The summed E-state index contributed by atoms with van der Waals surface area (Å²) < 4.78 is 20.5. The number of carbonyl (C=O) groups excluding carboxylic acids is 2. The van der Waals surface area contributed by atoms with Crippen LogP contribution in [0.2, 0.25) is 0 Å². The first-order valence-electron chi connectivity index (χ1n) is 17.2. The van der Waals surface area contributed by atoms with E-state index in [1.54, 1.807) is 23.9 Å². The van der Waals surface area contributed by atoms with E-state index in [4.69, 9.17) is 14.6 Å². The first kappa shape index (κ1) is 39.5. The van der Waals surface area contributed by atoms with Gasteiger partial charge < -0.3 is 29.4 Å². The lowest BCUT2D eigenvalue weighted by molar-refractivity contribution is -0.129. The van der Waals surface area contributed by atoms with Gasteiger partial charge in [-0.05, 0) is 77.7 Å². The van der Waals surface area contributed by atoms with E-state index in [0.29, 0.717) is 30.7 Å². The lowest BCUT2D eigenvalue weighted by Gasteiger charge is -2.53. The maximum Gasteiger partial charge on any atom is 0.290 e. The highest BCUT2D eigenvalue weighted by atomic mass is 19.1. The molecule has 0 aliphatic carbocycles. The second-order valence-corrected chi connectivity index (χ2v) is 14.0. The lowest BCUT2D eigenvalue weighted by atomic mass is 9.76. The second-order valence-electron chi connectivity index (χ2n) is 14.0. The number of hydrogen-bond acceptors (Lipinski definition) is 10. The summed E-state index contributed by atoms with van der Waals surface area (Å²) in [6.07, 6.45) is 5.23. The quantitative estimate of drug-likeness (QED) is 0.271. The average molecular weight is 687 g/mol. The Bertz CT molecular complexity index is 1390. The highest BCUT2D eigenvalue weighted by molar-refractivity contribution is 5.97. The highest BCUT2D eigenvalue weighted by Crippen LogP contribution is 2.44. The van der Waals surface area contributed by atoms with Crippen molar-refractivity contribution in [2.24, 2.45) is 11.3 Å². The second kappa shape index (κ2) is 18.2. The highest BCUT2D eigenvalue weighted by Gasteiger charge is 2.50. The summed E-state index contributed by atoms with van der Waals surface area (Å²) in [6, 6.07) is 4.43. The van der Waals surface area contributed by atoms with Crippen molar-refractivity contribution in [1.29, 1.82) is 0 Å². The molecule has 49 heavy (non-hydrogen) atoms. The van der Waals surface area contributed by atoms with Crippen LogP contribution in [0.1, 0.15) is 70.7 Å². The van der Waals surface area contributed by atoms with Gasteiger partial charge in [0.1, 0.15) is 17.9 Å². The average Bonchev–Trinajstić information content (AvgIpc) is 3.48. The van der Waals surface area contributed by atoms with Crippen molar-refractivity contribution < 1.29 is 28.6 Å². The molecule has 14 heteroatoms. The fourth-order valence-electron chi connectivity index (χ4n) is 6.86. The van der Waals surface area contributed by atoms with Crippen molar-refractivity contribution >= 4 is 24.1 Å². The summed E-state index contributed by atoms with van der Waals surface area (Å²) in [5.41, 5.74) is 0.321. The van der Waals surface area contributed by atoms with Crippen molar-refractivity contribution in [2.75, 3.05) is 71.9 Å². The largest absolute Gasteiger partial charge is 0.483 e. The van der Waals surface area contributed by atoms with Crippen LogP contribution in [0, 0.1) is 17.2 Å². The van der Waals surface area contributed by atoms with Gasteiger partial charge >= 0.3 is 0 Å². The molecule has 1 spiro atoms. The maximum atomic E-state index is 14.3. The zero-order valence-corrected chi connectivity index (χ0v) is 30.4. The number of amides is 2. The fraction of sp³-hybridized carbons (Fsp3) is 0.657. The molecule has 0 saturated carbocycles. The summed E-state index contributed by atoms with van der Waals surface area (Å²) in [6.45, 7) is 16.1. The molecule has 2 aliphatic heterocycles. The Morgan fingerprint density at radius 2 is 1.82 bits per heavy atom. The number of likely N-dealkylation sites (tertiary alicyclic amines) is 1. The van der Waals surface area contributed by atoms with E-state index in [0.717, 1.165) is 58.5 Å². The molecule has 2 fully saturated rings. The van der Waals surface area contributed by atoms with E-state index in [2.05, 4.69) is 50.8 Å². The number of carbonyl (C=O) groups is 3. The van der Waals surface area contributed by atoms with Gasteiger partial charge in [0.25, 0.3) is 18.3 Å². The molecule has 4 rings (SSSR count). The normalized spacial score (nSPS) is 16.0. The van der Waals surface area contributed by atoms with E-state index in [9.17, 15) is 14.0 Å². The van der Waals surface area contributed by atoms with Crippen LogP contribution in [0.25, 0.3) is 0 Å². The minimum atomic E-state index is -0.507. The maximum absolute atomic E-state index is 14.3. The van der Waals surface area contributed by atoms with Crippen LogP contribution in [0.15, 0.2) is 24.5 Å². The molecule has 2 amide bonds. The molecule has 1 aromatic heterocycles. The summed E-state index contributed by atoms with van der Waals surface area (Å²) in [5.74, 6) is 0.931. The minimum absolute atomic E-state index is 0.0492. The summed E-state index contributed by atoms with van der Waals surface area (Å²) >= 11 is 0. The number of benzene rings is 1. The molecule has 0 bridgehead atoms. The molecule has 3 heterocycles. The van der Waals surface area contributed by atoms with E-state index in [-0.39, 0.29) is 46.9 Å². The first-order valence-corrected chi connectivity index (χ1v) is 17.2. The Labute approximate surface area is 290 Å². The van der Waals surface area contributed by atoms with Crippen LogP contribution < -0.4 is 9.64 Å². The zero-order chi connectivity index (χ0) is 36.3. The molecular formula is C35H55FN8O5. The number of hydrogen-bond donors (Lipinski definition) is 1. The van der Waals surface area contributed by atoms with Gasteiger partial charge in [0.15, 0.2) is 5.82 Å². The molecule has 0 radical (unpaired) electrons. The van der Waals surface area contributed by atoms with Gasteiger partial charge in [-0.25, -0.2) is 9.37 Å². The van der Waals surface area contributed by atoms with Crippen LogP contribution in [0.3, 0.4) is 0 Å². The number of nitrogens with zero attached hydrogens (tertiary/aromatic N) is 8. The van der Waals surface area contributed by atoms with E-state index < -0.39 is 5.82 Å². The van der Waals surface area contributed by atoms with Crippen LogP contribution in [-0.4, -0.2) is 137 Å². The topological polar surface area (TPSA) is 136 Å². The zero-order valence-electron chi connectivity index (χ0n) is 30.4. The predicted molar refractivity (Wildman–Crippen MR) is 186 cm³/mol. The number of halogens is 1. The van der Waals surface area contributed by atoms with Crippen LogP contribution in [0.5, 0.6) is 11.6 Å². The third kappa shape index (κ3) is 10.5. The van der Waals surface area contributed by atoms with Crippen molar-refractivity contribution in [3.05, 3.63) is 35.9 Å². The van der Waals surface area contributed by atoms with E-state index >= 15 is 0 Å². The van der Waals surface area contributed by atoms with Gasteiger partial charge in [-0.3, -0.25) is 19.3 Å². The monoisotopic (exact) mass is 686 g/mol. The smallest absolute Gasteiger partial charge is 0.290 e. The lowest BCUT2D eigenvalue weighted by Crippen LogP contribution is -2.62. The Balaban J connectivity index is 0.00000209. The predicted octanol–water partition coefficient (Wildman–Crippen LogP) is 4.10. The fourth-order valence-corrected chi connectivity index (χ4v) is 6.86. The van der Waals surface area contributed by atoms with Gasteiger partial charge in [0.05, 0.1) is 5.56 Å². The van der Waals surface area contributed by atoms with E-state index in [1.165, 1.54) is 24.5 Å². The van der Waals surface area contributed by atoms with Gasteiger partial charge in [-0.1, -0.05) is 13.8 Å². The number of rotatable bonds is 15. The Kier molecular flexibility index (Phi) is 14.7. The molecule has 1 unspecified atom stereocenters. The van der Waals surface area contributed by atoms with Gasteiger partial charge in [-0.2, -0.15) is 0 Å². The van der Waals surface area contributed by atoms with Crippen molar-refractivity contribution in [1.82, 2.24) is 34.8 Å². The molecule has 2 saturated heterocycles. The Morgan fingerprint density at radius 1 is 1.12 bits per heavy atom. The molecule has 1 N–H and O–H groups in total. The van der Waals surface area contributed by atoms with Crippen LogP contribution in [0.4, 0.5) is 10.2 Å². The van der Waals surface area contributed by atoms with Gasteiger partial charge in [-0.15, -0.1) is 10.2 Å². The Morgan fingerprint density at radius 3 is 2.43 bits per heavy atom. The number of anilines is 1. The SMILES string of the molecule is CCN(C(=O)c1cc(F)ccc1Oc1nncnc1N1CCC2(C1)CN(C(CCCN(C)CCC(=O)N(C)C)C(C)C)C2)C(C)C.O=CO. The van der Waals surface area contributed by atoms with Crippen molar-refractivity contribution in [2.45, 2.75) is 72.4 Å². The molecule has 13 nitrogen and oxygen atoms in total. The molecular weight excluding hydrogens is 631 g/mol. The van der Waals surface area contributed by atoms with Crippen LogP contribution >= 0.6 is 0 Å². The molecule has 272 valence electrons. The minimum Gasteiger partial charge on any atom is -0.483 e. The number of ether oxygens (including phenoxy) is 1. The standard InChI is InChI=1S/C34H53FN8O3.CH2O2/c1-9-43(25(4)5)33(45)27-19-26(35)12-13-29(27)46-32-31(36-23-37-38-32)41-18-15-34(20-41)21-42(22-34)28(24(2)3)11-10-16-40(8)17-14-30(44)39(6)7;2-1-3/h12-13,19,23-25,28H,9-11,14-18,20-22H2,1-8H3;1H,(H,2,3). The summed E-state index contributed by atoms with van der Waals surface area (Å²) in [4.78, 5) is 48.6. The summed E-state index contributed by atoms with van der Waals surface area (Å²) in [5, 5.41) is 15.1. The van der Waals surface area contributed by atoms with Gasteiger partial charge in [0, 0.05) is 77.3 Å². The number of carboxylic acid groups (broad SMARTS) is 1. The molecule has 1 aromatic carbocycles. The molecule has 2 aliphatic rings. The third-order valence-corrected chi connectivity index (χ3v) is 9.47. The molecule has 2 aromatic rings. The third-order valence-electron chi connectivity index (χ3n) is 9.47. The first-order chi connectivity index (χ1) is 23.2. The van der Waals surface area contributed by atoms with Crippen molar-refractivity contribution in [3.8, 4) is 11.6 Å². The van der Waals surface area contributed by atoms with Gasteiger partial charge in [0.2, 0.25) is 5.91 Å².